The van der Waals surface area contributed by atoms with Gasteiger partial charge in [-0.1, -0.05) is 13.8 Å². The minimum absolute atomic E-state index is 0.381. The van der Waals surface area contributed by atoms with Gasteiger partial charge in [-0.15, -0.1) is 0 Å². The van der Waals surface area contributed by atoms with Gasteiger partial charge in [0.2, 0.25) is 0 Å². The molecular formula is C9H8F3. The Kier molecular flexibility index (Phi) is 2.40. The third-order valence-electron chi connectivity index (χ3n) is 1.56. The smallest absolute Gasteiger partial charge is 0.194 e. The van der Waals surface area contributed by atoms with Crippen molar-refractivity contribution in [2.24, 2.45) is 0 Å². The molecule has 65 valence electrons. The molecule has 0 nitrogen and oxygen atoms in total. The van der Waals surface area contributed by atoms with Crippen LogP contribution in [-0.4, -0.2) is 0 Å². The molecular weight excluding hydrogens is 165 g/mol. The first kappa shape index (κ1) is 9.10. The summed E-state index contributed by atoms with van der Waals surface area (Å²) in [6.45, 7) is 3.40. The Labute approximate surface area is 69.0 Å². The molecule has 3 heteroatoms. The topological polar surface area (TPSA) is 0 Å². The van der Waals surface area contributed by atoms with Crippen molar-refractivity contribution in [2.45, 2.75) is 13.8 Å². The van der Waals surface area contributed by atoms with Crippen LogP contribution in [0.5, 0.6) is 0 Å². The Morgan fingerprint density at radius 3 is 1.75 bits per heavy atom. The highest BCUT2D eigenvalue weighted by molar-refractivity contribution is 5.29. The van der Waals surface area contributed by atoms with E-state index in [9.17, 15) is 13.2 Å². The van der Waals surface area contributed by atoms with Crippen LogP contribution in [0.3, 0.4) is 0 Å². The Balaban J connectivity index is 3.21. The normalized spacial score (nSPS) is 10.8. The first-order chi connectivity index (χ1) is 5.52. The van der Waals surface area contributed by atoms with Gasteiger partial charge in [0.15, 0.2) is 17.5 Å². The average Bonchev–Trinajstić information content (AvgIpc) is 1.99. The number of rotatable bonds is 1. The zero-order chi connectivity index (χ0) is 9.30. The van der Waals surface area contributed by atoms with Gasteiger partial charge < -0.3 is 0 Å². The fourth-order valence-electron chi connectivity index (χ4n) is 0.844. The van der Waals surface area contributed by atoms with Crippen LogP contribution in [0.4, 0.5) is 13.2 Å². The number of benzene rings is 1. The lowest BCUT2D eigenvalue weighted by Gasteiger charge is -2.05. The van der Waals surface area contributed by atoms with Gasteiger partial charge in [-0.05, 0) is 23.6 Å². The number of halogens is 3. The zero-order valence-electron chi connectivity index (χ0n) is 6.79. The number of hydrogen-bond acceptors (Lipinski definition) is 0. The third kappa shape index (κ3) is 1.60. The van der Waals surface area contributed by atoms with Crippen LogP contribution >= 0.6 is 0 Å². The minimum Gasteiger partial charge on any atom is -0.204 e. The Morgan fingerprint density at radius 2 is 1.42 bits per heavy atom. The second-order valence-electron chi connectivity index (χ2n) is 2.75. The molecule has 1 radical (unpaired) electrons. The van der Waals surface area contributed by atoms with E-state index in [0.717, 1.165) is 18.1 Å². The molecule has 0 aliphatic carbocycles. The molecule has 0 heterocycles. The lowest BCUT2D eigenvalue weighted by atomic mass is 10.0. The first-order valence-corrected chi connectivity index (χ1v) is 3.47. The van der Waals surface area contributed by atoms with Crippen molar-refractivity contribution in [3.05, 3.63) is 41.1 Å². The van der Waals surface area contributed by atoms with E-state index in [1.807, 2.05) is 0 Å². The maximum Gasteiger partial charge on any atom is 0.194 e. The van der Waals surface area contributed by atoms with E-state index >= 15 is 0 Å². The summed E-state index contributed by atoms with van der Waals surface area (Å²) in [5.41, 5.74) is 0.381. The SMILES string of the molecule is C[C](C)c1cc(F)c(F)c(F)c1. The lowest BCUT2D eigenvalue weighted by molar-refractivity contribution is 0.446. The van der Waals surface area contributed by atoms with Crippen molar-refractivity contribution in [3.8, 4) is 0 Å². The molecule has 0 aliphatic rings. The summed E-state index contributed by atoms with van der Waals surface area (Å²) in [4.78, 5) is 0. The van der Waals surface area contributed by atoms with Crippen molar-refractivity contribution in [2.75, 3.05) is 0 Å². The average molecular weight is 173 g/mol. The minimum atomic E-state index is -1.42. The molecule has 0 aliphatic heterocycles. The standard InChI is InChI=1S/C9H8F3/c1-5(2)6-3-7(10)9(12)8(11)4-6/h3-4H,1-2H3. The summed E-state index contributed by atoms with van der Waals surface area (Å²) in [6, 6.07) is 1.96. The van der Waals surface area contributed by atoms with Gasteiger partial charge in [0.25, 0.3) is 0 Å². The van der Waals surface area contributed by atoms with Crippen LogP contribution in [0.2, 0.25) is 0 Å². The molecule has 0 saturated heterocycles. The van der Waals surface area contributed by atoms with Crippen LogP contribution in [-0.2, 0) is 0 Å². The van der Waals surface area contributed by atoms with E-state index in [1.165, 1.54) is 0 Å². The van der Waals surface area contributed by atoms with Crippen LogP contribution in [0.25, 0.3) is 0 Å². The van der Waals surface area contributed by atoms with Crippen LogP contribution in [0.15, 0.2) is 12.1 Å². The van der Waals surface area contributed by atoms with E-state index in [2.05, 4.69) is 0 Å². The molecule has 12 heavy (non-hydrogen) atoms. The van der Waals surface area contributed by atoms with E-state index < -0.39 is 17.5 Å². The molecule has 0 unspecified atom stereocenters. The van der Waals surface area contributed by atoms with Crippen molar-refractivity contribution >= 4 is 0 Å². The van der Waals surface area contributed by atoms with Gasteiger partial charge in [-0.25, -0.2) is 13.2 Å². The second-order valence-corrected chi connectivity index (χ2v) is 2.75. The molecule has 0 amide bonds. The summed E-state index contributed by atoms with van der Waals surface area (Å²) in [5.74, 6) is -2.97. The predicted molar refractivity (Wildman–Crippen MR) is 40.0 cm³/mol. The van der Waals surface area contributed by atoms with Crippen molar-refractivity contribution in [1.82, 2.24) is 0 Å². The van der Waals surface area contributed by atoms with E-state index in [-0.39, 0.29) is 0 Å². The highest BCUT2D eigenvalue weighted by Gasteiger charge is 2.11. The van der Waals surface area contributed by atoms with Crippen LogP contribution < -0.4 is 0 Å². The van der Waals surface area contributed by atoms with Crippen molar-refractivity contribution in [3.63, 3.8) is 0 Å². The fraction of sp³-hybridized carbons (Fsp3) is 0.222. The molecule has 0 atom stereocenters. The number of hydrogen-bond donors (Lipinski definition) is 0. The maximum absolute atomic E-state index is 12.6. The highest BCUT2D eigenvalue weighted by Crippen LogP contribution is 2.19. The summed E-state index contributed by atoms with van der Waals surface area (Å²) in [5, 5.41) is 0. The Hall–Kier alpha value is -0.990. The summed E-state index contributed by atoms with van der Waals surface area (Å²) >= 11 is 0. The Morgan fingerprint density at radius 1 is 1.00 bits per heavy atom. The quantitative estimate of drug-likeness (QED) is 0.572. The lowest BCUT2D eigenvalue weighted by Crippen LogP contribution is -1.96. The van der Waals surface area contributed by atoms with Gasteiger partial charge in [0.1, 0.15) is 0 Å². The molecule has 0 aromatic heterocycles. The maximum atomic E-state index is 12.6. The molecule has 0 spiro atoms. The predicted octanol–water partition coefficient (Wildman–Crippen LogP) is 3.07. The van der Waals surface area contributed by atoms with Crippen molar-refractivity contribution in [1.29, 1.82) is 0 Å². The molecule has 0 N–H and O–H groups in total. The molecule has 1 rings (SSSR count). The molecule has 0 bridgehead atoms. The van der Waals surface area contributed by atoms with Crippen LogP contribution in [0, 0.1) is 23.4 Å². The van der Waals surface area contributed by atoms with E-state index in [1.54, 1.807) is 13.8 Å². The van der Waals surface area contributed by atoms with Gasteiger partial charge in [-0.3, -0.25) is 0 Å². The third-order valence-corrected chi connectivity index (χ3v) is 1.56. The monoisotopic (exact) mass is 173 g/mol. The second kappa shape index (κ2) is 3.17. The van der Waals surface area contributed by atoms with Crippen molar-refractivity contribution < 1.29 is 13.2 Å². The summed E-state index contributed by atoms with van der Waals surface area (Å²) < 4.78 is 37.6. The summed E-state index contributed by atoms with van der Waals surface area (Å²) in [7, 11) is 0. The molecule has 1 aromatic carbocycles. The zero-order valence-corrected chi connectivity index (χ0v) is 6.79. The highest BCUT2D eigenvalue weighted by atomic mass is 19.2. The van der Waals surface area contributed by atoms with Gasteiger partial charge >= 0.3 is 0 Å². The largest absolute Gasteiger partial charge is 0.204 e. The molecule has 0 saturated carbocycles. The molecule has 1 aromatic rings. The summed E-state index contributed by atoms with van der Waals surface area (Å²) in [6.07, 6.45) is 0. The fourth-order valence-corrected chi connectivity index (χ4v) is 0.844. The Bertz CT molecular complexity index is 269. The van der Waals surface area contributed by atoms with Crippen LogP contribution in [0.1, 0.15) is 19.4 Å². The van der Waals surface area contributed by atoms with Gasteiger partial charge in [0.05, 0.1) is 0 Å². The first-order valence-electron chi connectivity index (χ1n) is 3.47. The van der Waals surface area contributed by atoms with Gasteiger partial charge in [0, 0.05) is 0 Å². The molecule has 0 fully saturated rings. The van der Waals surface area contributed by atoms with E-state index in [0.29, 0.717) is 5.56 Å². The van der Waals surface area contributed by atoms with Gasteiger partial charge in [-0.2, -0.15) is 0 Å². The van der Waals surface area contributed by atoms with E-state index in [4.69, 9.17) is 0 Å².